The average Bonchev–Trinajstić information content (AvgIpc) is 2.15. The lowest BCUT2D eigenvalue weighted by atomic mass is 9.89. The Morgan fingerprint density at radius 1 is 1.29 bits per heavy atom. The van der Waals surface area contributed by atoms with Crippen LogP contribution in [0, 0.1) is 11.8 Å². The van der Waals surface area contributed by atoms with Gasteiger partial charge in [0.25, 0.3) is 0 Å². The smallest absolute Gasteiger partial charge is 0.224 e. The number of rotatable bonds is 6. The lowest BCUT2D eigenvalue weighted by Gasteiger charge is -2.21. The molecule has 3 heteroatoms. The van der Waals surface area contributed by atoms with Crippen molar-refractivity contribution in [3.63, 3.8) is 0 Å². The third kappa shape index (κ3) is 4.61. The lowest BCUT2D eigenvalue weighted by molar-refractivity contribution is -0.127. The number of hydrogen-bond donors (Lipinski definition) is 1. The minimum Gasteiger partial charge on any atom is -0.343 e. The van der Waals surface area contributed by atoms with Crippen molar-refractivity contribution in [1.82, 2.24) is 10.2 Å². The van der Waals surface area contributed by atoms with E-state index in [9.17, 15) is 4.79 Å². The first-order valence-corrected chi connectivity index (χ1v) is 5.45. The van der Waals surface area contributed by atoms with E-state index in [4.69, 9.17) is 0 Å². The van der Waals surface area contributed by atoms with Gasteiger partial charge in [-0.3, -0.25) is 9.69 Å². The molecule has 14 heavy (non-hydrogen) atoms. The zero-order valence-corrected chi connectivity index (χ0v) is 10.1. The number of nitrogens with zero attached hydrogens (tertiary/aromatic N) is 1. The Hall–Kier alpha value is -0.570. The molecule has 0 saturated carbocycles. The fourth-order valence-corrected chi connectivity index (χ4v) is 1.50. The molecule has 0 aliphatic heterocycles. The van der Waals surface area contributed by atoms with Crippen molar-refractivity contribution in [3.8, 4) is 0 Å². The zero-order chi connectivity index (χ0) is 11.1. The molecular formula is C11H24N2O. The van der Waals surface area contributed by atoms with Gasteiger partial charge >= 0.3 is 0 Å². The molecule has 0 radical (unpaired) electrons. The Bertz CT molecular complexity index is 169. The van der Waals surface area contributed by atoms with Crippen LogP contribution >= 0.6 is 0 Å². The maximum absolute atomic E-state index is 11.7. The first-order chi connectivity index (χ1) is 6.52. The Kier molecular flexibility index (Phi) is 6.54. The second-order valence-corrected chi connectivity index (χ2v) is 4.18. The lowest BCUT2D eigenvalue weighted by Crippen LogP contribution is -2.39. The highest BCUT2D eigenvalue weighted by Crippen LogP contribution is 2.18. The van der Waals surface area contributed by atoms with Gasteiger partial charge in [0, 0.05) is 5.92 Å². The van der Waals surface area contributed by atoms with E-state index in [1.807, 2.05) is 19.0 Å². The van der Waals surface area contributed by atoms with Gasteiger partial charge in [-0.1, -0.05) is 27.2 Å². The molecule has 0 aromatic carbocycles. The summed E-state index contributed by atoms with van der Waals surface area (Å²) < 4.78 is 0. The number of carbonyl (C=O) groups is 1. The topological polar surface area (TPSA) is 32.3 Å². The predicted octanol–water partition coefficient (Wildman–Crippen LogP) is 1.69. The molecule has 3 nitrogen and oxygen atoms in total. The Morgan fingerprint density at radius 3 is 2.21 bits per heavy atom. The molecule has 1 N–H and O–H groups in total. The van der Waals surface area contributed by atoms with Gasteiger partial charge in [-0.25, -0.2) is 0 Å². The van der Waals surface area contributed by atoms with Crippen molar-refractivity contribution in [1.29, 1.82) is 0 Å². The molecule has 0 aromatic heterocycles. The normalized spacial score (nSPS) is 15.3. The van der Waals surface area contributed by atoms with Crippen molar-refractivity contribution >= 4 is 5.91 Å². The number of carbonyl (C=O) groups excluding carboxylic acids is 1. The molecule has 0 aliphatic carbocycles. The molecule has 1 amide bonds. The average molecular weight is 200 g/mol. The van der Waals surface area contributed by atoms with Crippen LogP contribution in [0.15, 0.2) is 0 Å². The Morgan fingerprint density at radius 2 is 1.86 bits per heavy atom. The highest BCUT2D eigenvalue weighted by atomic mass is 16.2. The van der Waals surface area contributed by atoms with E-state index < -0.39 is 0 Å². The second kappa shape index (κ2) is 6.82. The van der Waals surface area contributed by atoms with Crippen molar-refractivity contribution in [2.24, 2.45) is 11.8 Å². The standard InChI is InChI=1S/C11H24N2O/c1-6-9(3)10(7-2)11(14)12-8-13(4)5/h9-10H,6-8H2,1-5H3,(H,12,14). The summed E-state index contributed by atoms with van der Waals surface area (Å²) in [5.74, 6) is 0.831. The summed E-state index contributed by atoms with van der Waals surface area (Å²) in [7, 11) is 3.90. The monoisotopic (exact) mass is 200 g/mol. The first kappa shape index (κ1) is 13.4. The molecule has 0 saturated heterocycles. The number of amides is 1. The summed E-state index contributed by atoms with van der Waals surface area (Å²) >= 11 is 0. The van der Waals surface area contributed by atoms with Crippen LogP contribution < -0.4 is 5.32 Å². The molecule has 2 atom stereocenters. The van der Waals surface area contributed by atoms with Gasteiger partial charge in [0.1, 0.15) is 0 Å². The van der Waals surface area contributed by atoms with Gasteiger partial charge in [0.2, 0.25) is 5.91 Å². The molecular weight excluding hydrogens is 176 g/mol. The fourth-order valence-electron chi connectivity index (χ4n) is 1.50. The highest BCUT2D eigenvalue weighted by Gasteiger charge is 2.21. The van der Waals surface area contributed by atoms with Gasteiger partial charge in [-0.15, -0.1) is 0 Å². The highest BCUT2D eigenvalue weighted by molar-refractivity contribution is 5.78. The van der Waals surface area contributed by atoms with E-state index in [0.717, 1.165) is 12.8 Å². The fraction of sp³-hybridized carbons (Fsp3) is 0.909. The summed E-state index contributed by atoms with van der Waals surface area (Å²) in [6, 6.07) is 0. The zero-order valence-electron chi connectivity index (χ0n) is 10.1. The van der Waals surface area contributed by atoms with E-state index in [1.54, 1.807) is 0 Å². The summed E-state index contributed by atoms with van der Waals surface area (Å²) in [5.41, 5.74) is 0. The summed E-state index contributed by atoms with van der Waals surface area (Å²) in [6.07, 6.45) is 1.99. The van der Waals surface area contributed by atoms with Crippen LogP contribution in [0.4, 0.5) is 0 Å². The van der Waals surface area contributed by atoms with E-state index in [0.29, 0.717) is 12.6 Å². The maximum Gasteiger partial charge on any atom is 0.224 e. The molecule has 0 heterocycles. The van der Waals surface area contributed by atoms with Crippen molar-refractivity contribution in [2.75, 3.05) is 20.8 Å². The third-order valence-electron chi connectivity index (χ3n) is 2.68. The minimum absolute atomic E-state index is 0.167. The Labute approximate surface area is 87.9 Å². The van der Waals surface area contributed by atoms with Gasteiger partial charge in [0.15, 0.2) is 0 Å². The molecule has 84 valence electrons. The van der Waals surface area contributed by atoms with E-state index in [2.05, 4.69) is 26.1 Å². The number of nitrogens with one attached hydrogen (secondary N) is 1. The van der Waals surface area contributed by atoms with Crippen LogP contribution in [0.5, 0.6) is 0 Å². The molecule has 0 aliphatic rings. The summed E-state index contributed by atoms with van der Waals surface area (Å²) in [5, 5.41) is 2.94. The van der Waals surface area contributed by atoms with Gasteiger partial charge < -0.3 is 5.32 Å². The molecule has 0 rings (SSSR count). The van der Waals surface area contributed by atoms with Crippen LogP contribution in [0.2, 0.25) is 0 Å². The van der Waals surface area contributed by atoms with Crippen LogP contribution in [-0.4, -0.2) is 31.6 Å². The quantitative estimate of drug-likeness (QED) is 0.662. The van der Waals surface area contributed by atoms with E-state index in [1.165, 1.54) is 0 Å². The van der Waals surface area contributed by atoms with Crippen LogP contribution in [0.25, 0.3) is 0 Å². The van der Waals surface area contributed by atoms with E-state index >= 15 is 0 Å². The SMILES string of the molecule is CCC(C)C(CC)C(=O)NCN(C)C. The van der Waals surface area contributed by atoms with Crippen LogP contribution in [0.3, 0.4) is 0 Å². The Balaban J connectivity index is 4.04. The summed E-state index contributed by atoms with van der Waals surface area (Å²) in [6.45, 7) is 6.98. The molecule has 0 fully saturated rings. The number of hydrogen-bond acceptors (Lipinski definition) is 2. The first-order valence-electron chi connectivity index (χ1n) is 5.45. The van der Waals surface area contributed by atoms with Crippen LogP contribution in [0.1, 0.15) is 33.6 Å². The van der Waals surface area contributed by atoms with Gasteiger partial charge in [0.05, 0.1) is 6.67 Å². The van der Waals surface area contributed by atoms with Crippen molar-refractivity contribution < 1.29 is 4.79 Å². The molecule has 0 bridgehead atoms. The molecule has 0 aromatic rings. The van der Waals surface area contributed by atoms with Gasteiger partial charge in [-0.2, -0.15) is 0 Å². The second-order valence-electron chi connectivity index (χ2n) is 4.18. The largest absolute Gasteiger partial charge is 0.343 e. The predicted molar refractivity (Wildman–Crippen MR) is 59.9 cm³/mol. The molecule has 2 unspecified atom stereocenters. The van der Waals surface area contributed by atoms with Crippen molar-refractivity contribution in [2.45, 2.75) is 33.6 Å². The van der Waals surface area contributed by atoms with E-state index in [-0.39, 0.29) is 11.8 Å². The minimum atomic E-state index is 0.167. The van der Waals surface area contributed by atoms with Crippen LogP contribution in [-0.2, 0) is 4.79 Å². The summed E-state index contributed by atoms with van der Waals surface area (Å²) in [4.78, 5) is 13.7. The van der Waals surface area contributed by atoms with Gasteiger partial charge in [-0.05, 0) is 26.4 Å². The maximum atomic E-state index is 11.7. The van der Waals surface area contributed by atoms with Crippen molar-refractivity contribution in [3.05, 3.63) is 0 Å². The third-order valence-corrected chi connectivity index (χ3v) is 2.68. The molecule has 0 spiro atoms.